The van der Waals surface area contributed by atoms with Crippen LogP contribution in [-0.4, -0.2) is 12.6 Å². The van der Waals surface area contributed by atoms with Gasteiger partial charge in [0.25, 0.3) is 0 Å². The third kappa shape index (κ3) is 4.51. The van der Waals surface area contributed by atoms with E-state index < -0.39 is 0 Å². The molecule has 1 heterocycles. The summed E-state index contributed by atoms with van der Waals surface area (Å²) in [6.07, 6.45) is 5.90. The van der Waals surface area contributed by atoms with Crippen molar-refractivity contribution in [2.45, 2.75) is 32.6 Å². The molecule has 2 nitrogen and oxygen atoms in total. The molecule has 1 rings (SSSR count). The summed E-state index contributed by atoms with van der Waals surface area (Å²) in [6, 6.07) is 0. The van der Waals surface area contributed by atoms with Gasteiger partial charge in [0.2, 0.25) is 0 Å². The number of rotatable bonds is 5. The third-order valence-electron chi connectivity index (χ3n) is 2.38. The summed E-state index contributed by atoms with van der Waals surface area (Å²) in [4.78, 5) is 11.1. The first-order valence-electron chi connectivity index (χ1n) is 4.98. The van der Waals surface area contributed by atoms with Crippen LogP contribution in [0.4, 0.5) is 0 Å². The van der Waals surface area contributed by atoms with Crippen LogP contribution in [0.25, 0.3) is 0 Å². The molecule has 1 aliphatic rings. The molecule has 0 unspecified atom stereocenters. The molecule has 0 saturated heterocycles. The zero-order valence-electron chi connectivity index (χ0n) is 8.69. The molecule has 0 amide bonds. The summed E-state index contributed by atoms with van der Waals surface area (Å²) in [6.45, 7) is 2.54. The number of allylic oxidation sites excluding steroid dienone is 1. The zero-order valence-corrected chi connectivity index (χ0v) is 11.9. The van der Waals surface area contributed by atoms with Crippen LogP contribution < -0.4 is 0 Å². The number of halogens is 2. The number of hydrogen-bond donors (Lipinski definition) is 0. The number of unbranched alkanes of at least 4 members (excludes halogenated alkanes) is 1. The van der Waals surface area contributed by atoms with E-state index in [1.54, 1.807) is 0 Å². The standard InChI is InChI=1S/C11H14Br2O2/c1-8(10(12)13)4-2-3-5-9-6-7-15-11(9)14/h6H,2-5,7H2,1H3. The largest absolute Gasteiger partial charge is 0.458 e. The Labute approximate surface area is 107 Å². The van der Waals surface area contributed by atoms with Gasteiger partial charge in [0.15, 0.2) is 0 Å². The predicted molar refractivity (Wildman–Crippen MR) is 68.1 cm³/mol. The van der Waals surface area contributed by atoms with Crippen LogP contribution in [0.2, 0.25) is 0 Å². The summed E-state index contributed by atoms with van der Waals surface area (Å²) in [7, 11) is 0. The maximum absolute atomic E-state index is 11.1. The second kappa shape index (κ2) is 6.48. The highest BCUT2D eigenvalue weighted by molar-refractivity contribution is 9.28. The molecule has 0 aliphatic carbocycles. The van der Waals surface area contributed by atoms with Crippen LogP contribution in [0.3, 0.4) is 0 Å². The Morgan fingerprint density at radius 3 is 2.73 bits per heavy atom. The second-order valence-electron chi connectivity index (χ2n) is 3.58. The molecule has 0 aromatic carbocycles. The van der Waals surface area contributed by atoms with Crippen molar-refractivity contribution >= 4 is 37.8 Å². The van der Waals surface area contributed by atoms with Crippen LogP contribution in [0, 0.1) is 0 Å². The lowest BCUT2D eigenvalue weighted by atomic mass is 10.1. The molecular weight excluding hydrogens is 324 g/mol. The van der Waals surface area contributed by atoms with E-state index in [1.165, 1.54) is 5.57 Å². The van der Waals surface area contributed by atoms with Crippen molar-refractivity contribution in [1.82, 2.24) is 0 Å². The maximum Gasteiger partial charge on any atom is 0.334 e. The van der Waals surface area contributed by atoms with Crippen molar-refractivity contribution in [3.63, 3.8) is 0 Å². The Bertz CT molecular complexity index is 302. The van der Waals surface area contributed by atoms with Crippen LogP contribution in [0.15, 0.2) is 20.6 Å². The van der Waals surface area contributed by atoms with Gasteiger partial charge in [-0.1, -0.05) is 5.57 Å². The van der Waals surface area contributed by atoms with Crippen molar-refractivity contribution in [3.05, 3.63) is 20.6 Å². The monoisotopic (exact) mass is 336 g/mol. The average Bonchev–Trinajstić information content (AvgIpc) is 2.58. The number of cyclic esters (lactones) is 1. The number of hydrogen-bond acceptors (Lipinski definition) is 2. The normalized spacial score (nSPS) is 14.9. The summed E-state index contributed by atoms with van der Waals surface area (Å²) >= 11 is 6.76. The van der Waals surface area contributed by atoms with Crippen LogP contribution >= 0.6 is 31.9 Å². The first-order chi connectivity index (χ1) is 7.11. The van der Waals surface area contributed by atoms with E-state index >= 15 is 0 Å². The topological polar surface area (TPSA) is 26.3 Å². The fourth-order valence-electron chi connectivity index (χ4n) is 1.40. The first kappa shape index (κ1) is 13.0. The van der Waals surface area contributed by atoms with Gasteiger partial charge in [-0.2, -0.15) is 0 Å². The Balaban J connectivity index is 2.17. The fraction of sp³-hybridized carbons (Fsp3) is 0.545. The predicted octanol–water partition coefficient (Wildman–Crippen LogP) is 4.05. The number of carbonyl (C=O) groups excluding carboxylic acids is 1. The van der Waals surface area contributed by atoms with Crippen LogP contribution in [0.5, 0.6) is 0 Å². The Morgan fingerprint density at radius 2 is 2.20 bits per heavy atom. The van der Waals surface area contributed by atoms with Gasteiger partial charge < -0.3 is 4.74 Å². The van der Waals surface area contributed by atoms with Crippen molar-refractivity contribution in [1.29, 1.82) is 0 Å². The van der Waals surface area contributed by atoms with Crippen LogP contribution in [-0.2, 0) is 9.53 Å². The van der Waals surface area contributed by atoms with E-state index in [1.807, 2.05) is 6.08 Å². The lowest BCUT2D eigenvalue weighted by molar-refractivity contribution is -0.136. The van der Waals surface area contributed by atoms with Crippen molar-refractivity contribution < 1.29 is 9.53 Å². The minimum absolute atomic E-state index is 0.135. The van der Waals surface area contributed by atoms with E-state index in [0.29, 0.717) is 6.61 Å². The van der Waals surface area contributed by atoms with Crippen molar-refractivity contribution in [3.8, 4) is 0 Å². The van der Waals surface area contributed by atoms with Gasteiger partial charge in [-0.05, 0) is 70.5 Å². The highest BCUT2D eigenvalue weighted by atomic mass is 79.9. The summed E-state index contributed by atoms with van der Waals surface area (Å²) in [5.74, 6) is -0.135. The smallest absolute Gasteiger partial charge is 0.334 e. The first-order valence-corrected chi connectivity index (χ1v) is 6.56. The Morgan fingerprint density at radius 1 is 1.47 bits per heavy atom. The second-order valence-corrected chi connectivity index (χ2v) is 6.23. The molecule has 0 fully saturated rings. The molecule has 0 radical (unpaired) electrons. The summed E-state index contributed by atoms with van der Waals surface area (Å²) in [5, 5.41) is 0. The number of esters is 1. The average molecular weight is 338 g/mol. The quantitative estimate of drug-likeness (QED) is 0.558. The molecule has 0 aromatic heterocycles. The molecular formula is C11H14Br2O2. The highest BCUT2D eigenvalue weighted by Crippen LogP contribution is 2.23. The van der Waals surface area contributed by atoms with Crippen molar-refractivity contribution in [2.75, 3.05) is 6.61 Å². The molecule has 0 N–H and O–H groups in total. The van der Waals surface area contributed by atoms with Gasteiger partial charge in [0.05, 0.1) is 3.39 Å². The molecule has 0 bridgehead atoms. The van der Waals surface area contributed by atoms with E-state index in [-0.39, 0.29) is 5.97 Å². The Kier molecular flexibility index (Phi) is 5.61. The maximum atomic E-state index is 11.1. The lowest BCUT2D eigenvalue weighted by Gasteiger charge is -2.02. The molecule has 1 aliphatic heterocycles. The third-order valence-corrected chi connectivity index (χ3v) is 3.73. The minimum atomic E-state index is -0.135. The molecule has 84 valence electrons. The molecule has 15 heavy (non-hydrogen) atoms. The van der Waals surface area contributed by atoms with Crippen LogP contribution in [0.1, 0.15) is 32.6 Å². The van der Waals surface area contributed by atoms with E-state index in [9.17, 15) is 4.79 Å². The fourth-order valence-corrected chi connectivity index (χ4v) is 1.79. The molecule has 0 atom stereocenters. The molecule has 0 aromatic rings. The lowest BCUT2D eigenvalue weighted by Crippen LogP contribution is -1.99. The SMILES string of the molecule is CC(CCCCC1=CCOC1=O)=C(Br)Br. The zero-order chi connectivity index (χ0) is 11.3. The van der Waals surface area contributed by atoms with E-state index in [0.717, 1.165) is 34.6 Å². The van der Waals surface area contributed by atoms with Gasteiger partial charge >= 0.3 is 5.97 Å². The minimum Gasteiger partial charge on any atom is -0.458 e. The highest BCUT2D eigenvalue weighted by Gasteiger charge is 2.15. The number of carbonyl (C=O) groups is 1. The van der Waals surface area contributed by atoms with Crippen molar-refractivity contribution in [2.24, 2.45) is 0 Å². The molecule has 0 saturated carbocycles. The van der Waals surface area contributed by atoms with E-state index in [4.69, 9.17) is 4.74 Å². The molecule has 4 heteroatoms. The van der Waals surface area contributed by atoms with Gasteiger partial charge in [-0.15, -0.1) is 0 Å². The van der Waals surface area contributed by atoms with Gasteiger partial charge in [-0.3, -0.25) is 0 Å². The van der Waals surface area contributed by atoms with Gasteiger partial charge in [0, 0.05) is 5.57 Å². The summed E-state index contributed by atoms with van der Waals surface area (Å²) < 4.78 is 5.86. The Hall–Kier alpha value is -0.0900. The molecule has 0 spiro atoms. The number of ether oxygens (including phenoxy) is 1. The van der Waals surface area contributed by atoms with E-state index in [2.05, 4.69) is 38.8 Å². The van der Waals surface area contributed by atoms with Gasteiger partial charge in [-0.25, -0.2) is 4.79 Å². The summed E-state index contributed by atoms with van der Waals surface area (Å²) in [5.41, 5.74) is 2.15. The van der Waals surface area contributed by atoms with Gasteiger partial charge in [0.1, 0.15) is 6.61 Å².